The maximum Gasteiger partial charge on any atom is 0.267 e. The molecule has 0 spiro atoms. The van der Waals surface area contributed by atoms with Crippen molar-refractivity contribution in [2.75, 3.05) is 36.4 Å². The second-order valence-electron chi connectivity index (χ2n) is 7.96. The molecular formula is C21H26N4O2S2. The third-order valence-electron chi connectivity index (χ3n) is 4.67. The number of thiophene rings is 1. The van der Waals surface area contributed by atoms with E-state index >= 15 is 0 Å². The number of carbonyl (C=O) groups is 2. The lowest BCUT2D eigenvalue weighted by molar-refractivity contribution is -0.139. The average molecular weight is 431 g/mol. The quantitative estimate of drug-likeness (QED) is 0.729. The summed E-state index contributed by atoms with van der Waals surface area (Å²) in [4.78, 5) is 29.3. The first-order valence-electron chi connectivity index (χ1n) is 9.54. The fraction of sp³-hybridized carbons (Fsp3) is 0.381. The number of thiocarbonyl (C=S) groups is 1. The molecule has 2 N–H and O–H groups in total. The number of carbonyl (C=O) groups excluding carboxylic acids is 2. The van der Waals surface area contributed by atoms with Gasteiger partial charge in [0.2, 0.25) is 5.91 Å². The van der Waals surface area contributed by atoms with Gasteiger partial charge in [0.05, 0.1) is 4.88 Å². The highest BCUT2D eigenvalue weighted by Gasteiger charge is 2.29. The maximum absolute atomic E-state index is 12.4. The Hall–Kier alpha value is -2.45. The van der Waals surface area contributed by atoms with Crippen LogP contribution in [0.2, 0.25) is 0 Å². The molecule has 0 radical (unpaired) electrons. The van der Waals surface area contributed by atoms with Crippen LogP contribution in [0.25, 0.3) is 0 Å². The van der Waals surface area contributed by atoms with E-state index in [0.717, 1.165) is 37.6 Å². The zero-order chi connectivity index (χ0) is 21.0. The first-order chi connectivity index (χ1) is 13.7. The number of benzene rings is 1. The van der Waals surface area contributed by atoms with Gasteiger partial charge in [-0.2, -0.15) is 0 Å². The molecule has 1 aromatic carbocycles. The smallest absolute Gasteiger partial charge is 0.267 e. The van der Waals surface area contributed by atoms with Crippen molar-refractivity contribution in [2.45, 2.75) is 20.8 Å². The summed E-state index contributed by atoms with van der Waals surface area (Å²) in [6.45, 7) is 8.96. The van der Waals surface area contributed by atoms with Gasteiger partial charge in [-0.15, -0.1) is 11.3 Å². The van der Waals surface area contributed by atoms with Gasteiger partial charge in [0.1, 0.15) is 0 Å². The minimum atomic E-state index is -0.340. The molecule has 0 unspecified atom stereocenters. The van der Waals surface area contributed by atoms with E-state index in [2.05, 4.69) is 15.5 Å². The summed E-state index contributed by atoms with van der Waals surface area (Å²) in [5.74, 6) is -0.00778. The Labute approximate surface area is 180 Å². The summed E-state index contributed by atoms with van der Waals surface area (Å²) in [6, 6.07) is 11.5. The van der Waals surface area contributed by atoms with E-state index in [-0.39, 0.29) is 22.3 Å². The predicted octanol–water partition coefficient (Wildman–Crippen LogP) is 3.57. The second kappa shape index (κ2) is 8.92. The van der Waals surface area contributed by atoms with E-state index in [0.29, 0.717) is 4.88 Å². The van der Waals surface area contributed by atoms with E-state index < -0.39 is 0 Å². The van der Waals surface area contributed by atoms with Crippen molar-refractivity contribution in [3.8, 4) is 0 Å². The van der Waals surface area contributed by atoms with Crippen LogP contribution >= 0.6 is 23.6 Å². The van der Waals surface area contributed by atoms with Gasteiger partial charge in [-0.1, -0.05) is 26.8 Å². The van der Waals surface area contributed by atoms with Gasteiger partial charge in [-0.05, 0) is 47.9 Å². The van der Waals surface area contributed by atoms with Crippen molar-refractivity contribution in [3.05, 3.63) is 46.7 Å². The molecule has 2 aromatic rings. The zero-order valence-corrected chi connectivity index (χ0v) is 18.5. The van der Waals surface area contributed by atoms with Crippen LogP contribution in [-0.4, -0.2) is 48.0 Å². The van der Waals surface area contributed by atoms with E-state index in [1.165, 1.54) is 11.3 Å². The molecule has 0 atom stereocenters. The summed E-state index contributed by atoms with van der Waals surface area (Å²) in [7, 11) is 0. The Kier molecular flexibility index (Phi) is 6.54. The van der Waals surface area contributed by atoms with Crippen LogP contribution < -0.4 is 15.5 Å². The van der Waals surface area contributed by atoms with Crippen LogP contribution in [-0.2, 0) is 4.79 Å². The topological polar surface area (TPSA) is 64.7 Å². The molecule has 6 nitrogen and oxygen atoms in total. The van der Waals surface area contributed by atoms with Crippen LogP contribution in [0.1, 0.15) is 30.4 Å². The lowest BCUT2D eigenvalue weighted by Gasteiger charge is -2.38. The normalized spacial score (nSPS) is 14.4. The summed E-state index contributed by atoms with van der Waals surface area (Å²) < 4.78 is 0. The highest BCUT2D eigenvalue weighted by atomic mass is 32.1. The highest BCUT2D eigenvalue weighted by Crippen LogP contribution is 2.22. The maximum atomic E-state index is 12.4. The number of hydrogen-bond donors (Lipinski definition) is 2. The number of hydrogen-bond acceptors (Lipinski definition) is 5. The largest absolute Gasteiger partial charge is 0.368 e. The lowest BCUT2D eigenvalue weighted by atomic mass is 9.94. The van der Waals surface area contributed by atoms with Crippen LogP contribution in [0, 0.1) is 5.41 Å². The minimum Gasteiger partial charge on any atom is -0.368 e. The van der Waals surface area contributed by atoms with Gasteiger partial charge in [-0.3, -0.25) is 14.9 Å². The number of amides is 2. The molecule has 1 fully saturated rings. The summed E-state index contributed by atoms with van der Waals surface area (Å²) >= 11 is 6.60. The molecule has 2 heterocycles. The first kappa shape index (κ1) is 21.3. The third-order valence-corrected chi connectivity index (χ3v) is 5.74. The molecule has 154 valence electrons. The Morgan fingerprint density at radius 1 is 1.03 bits per heavy atom. The third kappa shape index (κ3) is 5.55. The molecule has 0 aliphatic carbocycles. The van der Waals surface area contributed by atoms with Crippen LogP contribution in [0.3, 0.4) is 0 Å². The van der Waals surface area contributed by atoms with Crippen LogP contribution in [0.15, 0.2) is 41.8 Å². The number of anilines is 2. The van der Waals surface area contributed by atoms with E-state index in [1.54, 1.807) is 6.07 Å². The number of nitrogens with one attached hydrogen (secondary N) is 2. The van der Waals surface area contributed by atoms with Crippen molar-refractivity contribution in [2.24, 2.45) is 5.41 Å². The molecule has 1 saturated heterocycles. The van der Waals surface area contributed by atoms with Crippen molar-refractivity contribution in [1.29, 1.82) is 0 Å². The Morgan fingerprint density at radius 3 is 2.24 bits per heavy atom. The van der Waals surface area contributed by atoms with Gasteiger partial charge >= 0.3 is 0 Å². The molecule has 0 saturated carbocycles. The molecule has 1 aliphatic heterocycles. The predicted molar refractivity (Wildman–Crippen MR) is 123 cm³/mol. The SMILES string of the molecule is CC(C)(C)C(=O)N1CCN(c2ccc(NC(=S)NC(=O)c3cccs3)cc2)CC1. The molecule has 3 rings (SSSR count). The lowest BCUT2D eigenvalue weighted by Crippen LogP contribution is -2.51. The summed E-state index contributed by atoms with van der Waals surface area (Å²) in [5.41, 5.74) is 1.58. The molecule has 8 heteroatoms. The molecule has 1 aliphatic rings. The molecule has 0 bridgehead atoms. The molecular weight excluding hydrogens is 404 g/mol. The van der Waals surface area contributed by atoms with Gasteiger partial charge in [-0.25, -0.2) is 0 Å². The summed E-state index contributed by atoms with van der Waals surface area (Å²) in [5, 5.41) is 7.84. The Bertz CT molecular complexity index is 865. The van der Waals surface area contributed by atoms with E-state index in [1.807, 2.05) is 61.4 Å². The van der Waals surface area contributed by atoms with Crippen LogP contribution in [0.5, 0.6) is 0 Å². The van der Waals surface area contributed by atoms with E-state index in [9.17, 15) is 9.59 Å². The number of nitrogens with zero attached hydrogens (tertiary/aromatic N) is 2. The Balaban J connectivity index is 1.51. The van der Waals surface area contributed by atoms with E-state index in [4.69, 9.17) is 12.2 Å². The molecule has 1 aromatic heterocycles. The van der Waals surface area contributed by atoms with Gasteiger partial charge in [0.15, 0.2) is 5.11 Å². The van der Waals surface area contributed by atoms with Crippen LogP contribution in [0.4, 0.5) is 11.4 Å². The van der Waals surface area contributed by atoms with Gasteiger partial charge in [0, 0.05) is 43.0 Å². The minimum absolute atomic E-state index is 0.204. The fourth-order valence-corrected chi connectivity index (χ4v) is 3.96. The number of rotatable bonds is 3. The molecule has 2 amide bonds. The van der Waals surface area contributed by atoms with Crippen molar-refractivity contribution < 1.29 is 9.59 Å². The van der Waals surface area contributed by atoms with Gasteiger partial charge < -0.3 is 15.1 Å². The first-order valence-corrected chi connectivity index (χ1v) is 10.8. The summed E-state index contributed by atoms with van der Waals surface area (Å²) in [6.07, 6.45) is 0. The standard InChI is InChI=1S/C21H26N4O2S2/c1-21(2,3)19(27)25-12-10-24(11-13-25)16-8-6-15(7-9-16)22-20(28)23-18(26)17-5-4-14-29-17/h4-9,14H,10-13H2,1-3H3,(H2,22,23,26,28). The fourth-order valence-electron chi connectivity index (χ4n) is 3.13. The second-order valence-corrected chi connectivity index (χ2v) is 9.32. The van der Waals surface area contributed by atoms with Gasteiger partial charge in [0.25, 0.3) is 5.91 Å². The Morgan fingerprint density at radius 2 is 1.69 bits per heavy atom. The van der Waals surface area contributed by atoms with Crippen molar-refractivity contribution in [3.63, 3.8) is 0 Å². The molecule has 29 heavy (non-hydrogen) atoms. The van der Waals surface area contributed by atoms with Crippen molar-refractivity contribution in [1.82, 2.24) is 10.2 Å². The van der Waals surface area contributed by atoms with Crippen molar-refractivity contribution >= 4 is 51.9 Å². The number of piperazine rings is 1. The highest BCUT2D eigenvalue weighted by molar-refractivity contribution is 7.80. The zero-order valence-electron chi connectivity index (χ0n) is 16.9. The monoisotopic (exact) mass is 430 g/mol. The average Bonchev–Trinajstić information content (AvgIpc) is 3.22.